The van der Waals surface area contributed by atoms with Gasteiger partial charge in [-0.25, -0.2) is 0 Å². The number of aryl methyl sites for hydroxylation is 2. The van der Waals surface area contributed by atoms with Crippen LogP contribution in [-0.4, -0.2) is 27.1 Å². The van der Waals surface area contributed by atoms with Gasteiger partial charge in [0.25, 0.3) is 0 Å². The molecule has 0 saturated heterocycles. The fourth-order valence-corrected chi connectivity index (χ4v) is 2.46. The minimum atomic E-state index is -1.59. The minimum Gasteiger partial charge on any atom is -0.480 e. The standard InChI is InChI=1S/C11H15NO3S/c1-7-3-4-9(5-8(7)2)16(15)10(6-12)11(13)14/h3-5,10H,6,12H2,1-2H3,(H,13,14). The van der Waals surface area contributed by atoms with Crippen molar-refractivity contribution >= 4 is 16.8 Å². The Morgan fingerprint density at radius 3 is 2.50 bits per heavy atom. The van der Waals surface area contributed by atoms with Crippen LogP contribution in [0, 0.1) is 13.8 Å². The molecule has 0 aliphatic heterocycles. The molecule has 3 N–H and O–H groups in total. The van der Waals surface area contributed by atoms with E-state index in [0.717, 1.165) is 11.1 Å². The molecule has 0 fully saturated rings. The van der Waals surface area contributed by atoms with E-state index in [9.17, 15) is 9.00 Å². The molecule has 0 aliphatic carbocycles. The zero-order chi connectivity index (χ0) is 12.3. The highest BCUT2D eigenvalue weighted by Crippen LogP contribution is 2.16. The van der Waals surface area contributed by atoms with Crippen LogP contribution in [0.15, 0.2) is 23.1 Å². The smallest absolute Gasteiger partial charge is 0.320 e. The molecule has 0 heterocycles. The molecule has 5 heteroatoms. The molecule has 2 atom stereocenters. The van der Waals surface area contributed by atoms with Crippen LogP contribution in [0.1, 0.15) is 11.1 Å². The summed E-state index contributed by atoms with van der Waals surface area (Å²) in [6.45, 7) is 3.71. The van der Waals surface area contributed by atoms with E-state index in [2.05, 4.69) is 0 Å². The number of carboxylic acids is 1. The maximum atomic E-state index is 11.9. The number of rotatable bonds is 4. The second-order valence-electron chi connectivity index (χ2n) is 3.61. The van der Waals surface area contributed by atoms with Gasteiger partial charge in [0.1, 0.15) is 5.25 Å². The summed E-state index contributed by atoms with van der Waals surface area (Å²) >= 11 is 0. The van der Waals surface area contributed by atoms with Crippen molar-refractivity contribution in [1.29, 1.82) is 0 Å². The highest BCUT2D eigenvalue weighted by molar-refractivity contribution is 7.86. The minimum absolute atomic E-state index is 0.130. The summed E-state index contributed by atoms with van der Waals surface area (Å²) in [7, 11) is -1.59. The summed E-state index contributed by atoms with van der Waals surface area (Å²) in [5, 5.41) is 7.82. The first-order valence-electron chi connectivity index (χ1n) is 4.88. The number of carboxylic acid groups (broad SMARTS) is 1. The second kappa shape index (κ2) is 5.23. The Hall–Kier alpha value is -1.20. The van der Waals surface area contributed by atoms with Crippen LogP contribution >= 0.6 is 0 Å². The predicted octanol–water partition coefficient (Wildman–Crippen LogP) is 0.823. The van der Waals surface area contributed by atoms with Crippen LogP contribution in [0.2, 0.25) is 0 Å². The van der Waals surface area contributed by atoms with Crippen LogP contribution in [-0.2, 0) is 15.6 Å². The normalized spacial score (nSPS) is 14.4. The molecular weight excluding hydrogens is 226 g/mol. The summed E-state index contributed by atoms with van der Waals surface area (Å²) in [6, 6.07) is 5.26. The molecule has 16 heavy (non-hydrogen) atoms. The summed E-state index contributed by atoms with van der Waals surface area (Å²) in [6.07, 6.45) is 0. The molecule has 0 saturated carbocycles. The summed E-state index contributed by atoms with van der Waals surface area (Å²) in [5.74, 6) is -1.13. The molecule has 0 spiro atoms. The van der Waals surface area contributed by atoms with Crippen molar-refractivity contribution in [2.75, 3.05) is 6.54 Å². The van der Waals surface area contributed by atoms with E-state index in [-0.39, 0.29) is 6.54 Å². The molecule has 4 nitrogen and oxygen atoms in total. The van der Waals surface area contributed by atoms with Gasteiger partial charge in [-0.05, 0) is 37.1 Å². The Kier molecular flexibility index (Phi) is 4.20. The van der Waals surface area contributed by atoms with Gasteiger partial charge < -0.3 is 10.8 Å². The third kappa shape index (κ3) is 2.68. The first kappa shape index (κ1) is 12.9. The van der Waals surface area contributed by atoms with E-state index < -0.39 is 22.0 Å². The molecule has 1 aromatic rings. The number of carbonyl (C=O) groups is 1. The average molecular weight is 241 g/mol. The van der Waals surface area contributed by atoms with E-state index in [0.29, 0.717) is 4.90 Å². The van der Waals surface area contributed by atoms with Gasteiger partial charge in [-0.2, -0.15) is 0 Å². The van der Waals surface area contributed by atoms with E-state index in [1.165, 1.54) is 0 Å². The van der Waals surface area contributed by atoms with Gasteiger partial charge in [0.2, 0.25) is 0 Å². The molecule has 0 amide bonds. The molecule has 0 aliphatic rings. The van der Waals surface area contributed by atoms with Crippen molar-refractivity contribution in [3.05, 3.63) is 29.3 Å². The first-order valence-corrected chi connectivity index (χ1v) is 6.09. The fourth-order valence-electron chi connectivity index (χ4n) is 1.28. The lowest BCUT2D eigenvalue weighted by Crippen LogP contribution is -2.33. The molecule has 1 rings (SSSR count). The van der Waals surface area contributed by atoms with Crippen molar-refractivity contribution in [2.45, 2.75) is 24.0 Å². The summed E-state index contributed by atoms with van der Waals surface area (Å²) in [4.78, 5) is 11.3. The van der Waals surface area contributed by atoms with Crippen LogP contribution in [0.5, 0.6) is 0 Å². The predicted molar refractivity (Wildman–Crippen MR) is 62.8 cm³/mol. The molecule has 0 radical (unpaired) electrons. The maximum absolute atomic E-state index is 11.9. The second-order valence-corrected chi connectivity index (χ2v) is 5.24. The number of nitrogens with two attached hydrogens (primary N) is 1. The van der Waals surface area contributed by atoms with E-state index in [1.807, 2.05) is 19.9 Å². The SMILES string of the molecule is Cc1ccc(S(=O)C(CN)C(=O)O)cc1C. The molecule has 1 aromatic carbocycles. The van der Waals surface area contributed by atoms with Crippen LogP contribution in [0.4, 0.5) is 0 Å². The number of hydrogen-bond acceptors (Lipinski definition) is 3. The molecule has 2 unspecified atom stereocenters. The van der Waals surface area contributed by atoms with Gasteiger partial charge in [0.05, 0.1) is 10.8 Å². The van der Waals surface area contributed by atoms with Gasteiger partial charge in [-0.15, -0.1) is 0 Å². The van der Waals surface area contributed by atoms with Crippen LogP contribution in [0.3, 0.4) is 0 Å². The Balaban J connectivity index is 3.04. The quantitative estimate of drug-likeness (QED) is 0.818. The third-order valence-electron chi connectivity index (χ3n) is 2.46. The van der Waals surface area contributed by atoms with Crippen molar-refractivity contribution < 1.29 is 14.1 Å². The van der Waals surface area contributed by atoms with Crippen LogP contribution in [0.25, 0.3) is 0 Å². The molecule has 0 bridgehead atoms. The Bertz CT molecular complexity index is 431. The van der Waals surface area contributed by atoms with Gasteiger partial charge in [0.15, 0.2) is 0 Å². The summed E-state index contributed by atoms with van der Waals surface area (Å²) in [5.41, 5.74) is 7.38. The van der Waals surface area contributed by atoms with Gasteiger partial charge in [-0.3, -0.25) is 9.00 Å². The topological polar surface area (TPSA) is 80.4 Å². The lowest BCUT2D eigenvalue weighted by atomic mass is 10.1. The number of aliphatic carboxylic acids is 1. The summed E-state index contributed by atoms with van der Waals surface area (Å²) < 4.78 is 11.9. The zero-order valence-corrected chi connectivity index (χ0v) is 10.1. The average Bonchev–Trinajstić information content (AvgIpc) is 2.22. The highest BCUT2D eigenvalue weighted by atomic mass is 32.2. The Morgan fingerprint density at radius 2 is 2.06 bits per heavy atom. The Morgan fingerprint density at radius 1 is 1.44 bits per heavy atom. The molecule has 88 valence electrons. The Labute approximate surface area is 96.9 Å². The third-order valence-corrected chi connectivity index (χ3v) is 4.09. The lowest BCUT2D eigenvalue weighted by Gasteiger charge is -2.10. The van der Waals surface area contributed by atoms with Gasteiger partial charge >= 0.3 is 5.97 Å². The van der Waals surface area contributed by atoms with Crippen LogP contribution < -0.4 is 5.73 Å². The van der Waals surface area contributed by atoms with Crippen molar-refractivity contribution in [3.8, 4) is 0 Å². The van der Waals surface area contributed by atoms with Crippen molar-refractivity contribution in [1.82, 2.24) is 0 Å². The monoisotopic (exact) mass is 241 g/mol. The van der Waals surface area contributed by atoms with E-state index in [1.54, 1.807) is 12.1 Å². The van der Waals surface area contributed by atoms with Crippen molar-refractivity contribution in [3.63, 3.8) is 0 Å². The van der Waals surface area contributed by atoms with Gasteiger partial charge in [0, 0.05) is 11.4 Å². The maximum Gasteiger partial charge on any atom is 0.320 e. The van der Waals surface area contributed by atoms with E-state index in [4.69, 9.17) is 10.8 Å². The largest absolute Gasteiger partial charge is 0.480 e. The molecule has 0 aromatic heterocycles. The lowest BCUT2D eigenvalue weighted by molar-refractivity contribution is -0.136. The number of hydrogen-bond donors (Lipinski definition) is 2. The van der Waals surface area contributed by atoms with E-state index >= 15 is 0 Å². The fraction of sp³-hybridized carbons (Fsp3) is 0.364. The molecular formula is C11H15NO3S. The zero-order valence-electron chi connectivity index (χ0n) is 9.27. The number of benzene rings is 1. The van der Waals surface area contributed by atoms with Crippen molar-refractivity contribution in [2.24, 2.45) is 5.73 Å². The van der Waals surface area contributed by atoms with Gasteiger partial charge in [-0.1, -0.05) is 6.07 Å². The highest BCUT2D eigenvalue weighted by Gasteiger charge is 2.24. The first-order chi connectivity index (χ1) is 7.47.